The van der Waals surface area contributed by atoms with Crippen molar-refractivity contribution in [2.24, 2.45) is 0 Å². The summed E-state index contributed by atoms with van der Waals surface area (Å²) in [6, 6.07) is 9.28. The fourth-order valence-electron chi connectivity index (χ4n) is 2.10. The van der Waals surface area contributed by atoms with Crippen molar-refractivity contribution < 1.29 is 32.1 Å². The van der Waals surface area contributed by atoms with Crippen molar-refractivity contribution in [3.63, 3.8) is 0 Å². The molecule has 0 spiro atoms. The van der Waals surface area contributed by atoms with E-state index in [1.807, 2.05) is 0 Å². The number of aromatic carboxylic acids is 1. The van der Waals surface area contributed by atoms with Crippen molar-refractivity contribution in [2.45, 2.75) is 4.71 Å². The molecule has 1 aromatic heterocycles. The van der Waals surface area contributed by atoms with Gasteiger partial charge in [-0.25, -0.2) is 4.79 Å². The number of benzene rings is 1. The van der Waals surface area contributed by atoms with Crippen LogP contribution >= 0.6 is 11.8 Å². The van der Waals surface area contributed by atoms with Gasteiger partial charge in [-0.15, -0.1) is 0 Å². The van der Waals surface area contributed by atoms with Gasteiger partial charge >= 0.3 is 5.97 Å². The number of hydrogen-bond donors (Lipinski definition) is 3. The largest absolute Gasteiger partial charge is 0.478 e. The van der Waals surface area contributed by atoms with Crippen LogP contribution in [0.1, 0.15) is 16.1 Å². The molecule has 2 aromatic rings. The summed E-state index contributed by atoms with van der Waals surface area (Å²) in [5.41, 5.74) is 0.793. The molecule has 0 radical (unpaired) electrons. The van der Waals surface area contributed by atoms with Gasteiger partial charge in [0, 0.05) is 11.6 Å². The zero-order valence-electron chi connectivity index (χ0n) is 12.4. The number of furan rings is 1. The third kappa shape index (κ3) is 3.76. The van der Waals surface area contributed by atoms with Crippen molar-refractivity contribution in [1.82, 2.24) is 5.32 Å². The second-order valence-corrected chi connectivity index (χ2v) is 7.98. The van der Waals surface area contributed by atoms with E-state index in [0.717, 1.165) is 0 Å². The summed E-state index contributed by atoms with van der Waals surface area (Å²) in [6.45, 7) is 0. The zero-order valence-corrected chi connectivity index (χ0v) is 14.0. The number of rotatable bonds is 4. The second kappa shape index (κ2) is 6.39. The number of carbonyl (C=O) groups excluding carboxylic acids is 1. The van der Waals surface area contributed by atoms with Crippen LogP contribution in [-0.4, -0.2) is 34.7 Å². The molecule has 0 bridgehead atoms. The number of amides is 1. The molecule has 1 aliphatic rings. The van der Waals surface area contributed by atoms with Crippen LogP contribution in [0.2, 0.25) is 0 Å². The molecule has 25 heavy (non-hydrogen) atoms. The molecule has 3 rings (SSSR count). The summed E-state index contributed by atoms with van der Waals surface area (Å²) >= 11 is 0.668. The average molecular weight is 381 g/mol. The summed E-state index contributed by atoms with van der Waals surface area (Å²) in [7, 11) is -4.40. The van der Waals surface area contributed by atoms with E-state index in [-0.39, 0.29) is 10.5 Å². The fourth-order valence-corrected chi connectivity index (χ4v) is 3.90. The molecule has 130 valence electrons. The second-order valence-electron chi connectivity index (χ2n) is 5.03. The Labute approximate surface area is 146 Å². The first-order valence-electron chi connectivity index (χ1n) is 6.83. The van der Waals surface area contributed by atoms with Crippen LogP contribution in [0.3, 0.4) is 0 Å². The van der Waals surface area contributed by atoms with Crippen molar-refractivity contribution in [3.8, 4) is 11.3 Å². The Morgan fingerprint density at radius 1 is 1.20 bits per heavy atom. The molecule has 1 aliphatic heterocycles. The molecule has 2 heterocycles. The van der Waals surface area contributed by atoms with Crippen molar-refractivity contribution in [2.75, 3.05) is 0 Å². The molecular formula is C15H11NO7S2. The van der Waals surface area contributed by atoms with E-state index in [1.165, 1.54) is 18.2 Å². The Morgan fingerprint density at radius 2 is 1.88 bits per heavy atom. The summed E-state index contributed by atoms with van der Waals surface area (Å²) < 4.78 is 35.2. The molecule has 1 aromatic carbocycles. The zero-order chi connectivity index (χ0) is 18.2. The molecule has 1 unspecified atom stereocenters. The fraction of sp³-hybridized carbons (Fsp3) is 0.0667. The van der Waals surface area contributed by atoms with E-state index >= 15 is 0 Å². The predicted molar refractivity (Wildman–Crippen MR) is 90.2 cm³/mol. The van der Waals surface area contributed by atoms with Gasteiger partial charge < -0.3 is 14.8 Å². The first-order valence-corrected chi connectivity index (χ1v) is 9.21. The minimum absolute atomic E-state index is 0.0877. The van der Waals surface area contributed by atoms with Crippen LogP contribution in [0.5, 0.6) is 0 Å². The van der Waals surface area contributed by atoms with E-state index in [2.05, 4.69) is 5.32 Å². The van der Waals surface area contributed by atoms with Crippen LogP contribution in [0.25, 0.3) is 17.4 Å². The quantitative estimate of drug-likeness (QED) is 0.541. The first kappa shape index (κ1) is 17.3. The number of carboxylic acid groups (broad SMARTS) is 1. The molecular weight excluding hydrogens is 370 g/mol. The molecule has 1 atom stereocenters. The molecule has 8 nitrogen and oxygen atoms in total. The van der Waals surface area contributed by atoms with Crippen molar-refractivity contribution in [3.05, 3.63) is 52.6 Å². The van der Waals surface area contributed by atoms with E-state index in [4.69, 9.17) is 14.1 Å². The Balaban J connectivity index is 1.82. The summed E-state index contributed by atoms with van der Waals surface area (Å²) in [5.74, 6) is -0.894. The molecule has 0 saturated carbocycles. The number of carbonyl (C=O) groups is 2. The number of thioether (sulfide) groups is 1. The minimum Gasteiger partial charge on any atom is -0.478 e. The lowest BCUT2D eigenvalue weighted by Crippen LogP contribution is -2.31. The Hall–Kier alpha value is -2.56. The number of carboxylic acids is 1. The highest BCUT2D eigenvalue weighted by Gasteiger charge is 2.36. The van der Waals surface area contributed by atoms with Gasteiger partial charge in [0.15, 0.2) is 0 Å². The molecule has 1 saturated heterocycles. The monoisotopic (exact) mass is 381 g/mol. The normalized spacial score (nSPS) is 19.2. The minimum atomic E-state index is -4.40. The van der Waals surface area contributed by atoms with Gasteiger partial charge in [-0.05, 0) is 24.3 Å². The highest BCUT2D eigenvalue weighted by Crippen LogP contribution is 2.33. The third-order valence-electron chi connectivity index (χ3n) is 3.29. The third-order valence-corrected chi connectivity index (χ3v) is 5.86. The molecule has 0 aliphatic carbocycles. The van der Waals surface area contributed by atoms with Gasteiger partial charge in [-0.2, -0.15) is 8.42 Å². The molecule has 1 fully saturated rings. The van der Waals surface area contributed by atoms with E-state index < -0.39 is 26.7 Å². The molecule has 10 heteroatoms. The van der Waals surface area contributed by atoms with Gasteiger partial charge in [0.2, 0.25) is 4.71 Å². The summed E-state index contributed by atoms with van der Waals surface area (Å²) in [4.78, 5) is 22.7. The number of hydrogen-bond acceptors (Lipinski definition) is 6. The van der Waals surface area contributed by atoms with Crippen LogP contribution in [0, 0.1) is 0 Å². The first-order chi connectivity index (χ1) is 11.7. The van der Waals surface area contributed by atoms with Gasteiger partial charge in [-0.1, -0.05) is 23.9 Å². The standard InChI is InChI=1S/C15H11NO7S2/c17-13-12(24-15(16-13)25(20,21)22)7-10-5-6-11(23-10)8-1-3-9(4-2-8)14(18)19/h1-7,15H,(H,16,17)(H,18,19)(H,20,21,22). The Bertz CT molecular complexity index is 974. The van der Waals surface area contributed by atoms with E-state index in [0.29, 0.717) is 28.8 Å². The highest BCUT2D eigenvalue weighted by molar-refractivity contribution is 8.15. The van der Waals surface area contributed by atoms with E-state index in [1.54, 1.807) is 24.3 Å². The van der Waals surface area contributed by atoms with Crippen LogP contribution in [0.15, 0.2) is 45.7 Å². The van der Waals surface area contributed by atoms with Crippen LogP contribution in [0.4, 0.5) is 0 Å². The van der Waals surface area contributed by atoms with Crippen LogP contribution in [-0.2, 0) is 14.9 Å². The van der Waals surface area contributed by atoms with E-state index in [9.17, 15) is 18.0 Å². The molecule has 1 amide bonds. The Morgan fingerprint density at radius 3 is 2.44 bits per heavy atom. The van der Waals surface area contributed by atoms with Gasteiger partial charge in [0.05, 0.1) is 10.5 Å². The molecule has 3 N–H and O–H groups in total. The highest BCUT2D eigenvalue weighted by atomic mass is 32.3. The van der Waals surface area contributed by atoms with Gasteiger partial charge in [0.25, 0.3) is 16.0 Å². The lowest BCUT2D eigenvalue weighted by atomic mass is 10.1. The smallest absolute Gasteiger partial charge is 0.335 e. The lowest BCUT2D eigenvalue weighted by molar-refractivity contribution is -0.116. The van der Waals surface area contributed by atoms with Crippen molar-refractivity contribution in [1.29, 1.82) is 0 Å². The topological polar surface area (TPSA) is 134 Å². The predicted octanol–water partition coefficient (Wildman–Crippen LogP) is 2.02. The summed E-state index contributed by atoms with van der Waals surface area (Å²) in [6.07, 6.45) is 1.36. The maximum Gasteiger partial charge on any atom is 0.335 e. The average Bonchev–Trinajstić information content (AvgIpc) is 3.15. The summed E-state index contributed by atoms with van der Waals surface area (Å²) in [5, 5.41) is 11.0. The maximum absolute atomic E-state index is 11.7. The Kier molecular flexibility index (Phi) is 4.41. The van der Waals surface area contributed by atoms with Gasteiger partial charge in [-0.3, -0.25) is 9.35 Å². The lowest BCUT2D eigenvalue weighted by Gasteiger charge is -2.01. The van der Waals surface area contributed by atoms with Crippen molar-refractivity contribution >= 4 is 39.8 Å². The maximum atomic E-state index is 11.7. The number of nitrogens with one attached hydrogen (secondary N) is 1. The van der Waals surface area contributed by atoms with Gasteiger partial charge in [0.1, 0.15) is 11.5 Å². The SMILES string of the molecule is O=C1NC(S(=O)(=O)O)SC1=Cc1ccc(-c2ccc(C(=O)O)cc2)o1. The van der Waals surface area contributed by atoms with Crippen LogP contribution < -0.4 is 5.32 Å².